The first-order chi connectivity index (χ1) is 11.3. The first-order valence-electron chi connectivity index (χ1n) is 7.37. The lowest BCUT2D eigenvalue weighted by molar-refractivity contribution is 1.07. The molecule has 4 heteroatoms. The van der Waals surface area contributed by atoms with E-state index < -0.39 is 0 Å². The quantitative estimate of drug-likeness (QED) is 0.793. The summed E-state index contributed by atoms with van der Waals surface area (Å²) in [5, 5.41) is 12.2. The molecular weight excluding hydrogens is 284 g/mol. The Hall–Kier alpha value is -3.19. The van der Waals surface area contributed by atoms with Crippen LogP contribution in [0.25, 0.3) is 11.1 Å². The van der Waals surface area contributed by atoms with Gasteiger partial charge in [-0.3, -0.25) is 0 Å². The second kappa shape index (κ2) is 6.71. The predicted octanol–water partition coefficient (Wildman–Crippen LogP) is 3.94. The molecule has 1 aromatic heterocycles. The van der Waals surface area contributed by atoms with Crippen molar-refractivity contribution in [2.24, 2.45) is 0 Å². The summed E-state index contributed by atoms with van der Waals surface area (Å²) in [6.07, 6.45) is 3.09. The minimum atomic E-state index is 0.309. The van der Waals surface area contributed by atoms with Gasteiger partial charge in [0.05, 0.1) is 0 Å². The van der Waals surface area contributed by atoms with Gasteiger partial charge in [0, 0.05) is 18.9 Å². The van der Waals surface area contributed by atoms with Crippen molar-refractivity contribution in [1.82, 2.24) is 9.97 Å². The van der Waals surface area contributed by atoms with Crippen molar-refractivity contribution in [3.05, 3.63) is 77.7 Å². The largest absolute Gasteiger partial charge is 0.364 e. The molecule has 1 N–H and O–H groups in total. The summed E-state index contributed by atoms with van der Waals surface area (Å²) in [4.78, 5) is 8.13. The highest BCUT2D eigenvalue weighted by Crippen LogP contribution is 2.21. The van der Waals surface area contributed by atoms with Crippen molar-refractivity contribution in [2.75, 3.05) is 5.32 Å². The maximum absolute atomic E-state index is 9.01. The lowest BCUT2D eigenvalue weighted by Crippen LogP contribution is -2.04. The summed E-state index contributed by atoms with van der Waals surface area (Å²) in [6, 6.07) is 18.8. The van der Waals surface area contributed by atoms with Crippen LogP contribution < -0.4 is 5.32 Å². The van der Waals surface area contributed by atoms with Crippen LogP contribution in [0.5, 0.6) is 0 Å². The first kappa shape index (κ1) is 14.7. The third kappa shape index (κ3) is 3.53. The lowest BCUT2D eigenvalue weighted by atomic mass is 10.0. The van der Waals surface area contributed by atoms with E-state index in [0.29, 0.717) is 18.1 Å². The summed E-state index contributed by atoms with van der Waals surface area (Å²) in [5.41, 5.74) is 5.08. The highest BCUT2D eigenvalue weighted by Gasteiger charge is 2.04. The molecule has 3 rings (SSSR count). The Labute approximate surface area is 135 Å². The van der Waals surface area contributed by atoms with Crippen LogP contribution in [-0.2, 0) is 6.54 Å². The third-order valence-electron chi connectivity index (χ3n) is 3.57. The molecular formula is C19H16N4. The van der Waals surface area contributed by atoms with Crippen LogP contribution in [0.3, 0.4) is 0 Å². The molecule has 0 spiro atoms. The van der Waals surface area contributed by atoms with E-state index in [0.717, 1.165) is 5.56 Å². The average molecular weight is 300 g/mol. The fourth-order valence-electron chi connectivity index (χ4n) is 2.37. The number of aryl methyl sites for hydroxylation is 1. The zero-order chi connectivity index (χ0) is 16.1. The van der Waals surface area contributed by atoms with E-state index in [1.165, 1.54) is 22.9 Å². The summed E-state index contributed by atoms with van der Waals surface area (Å²) in [5.74, 6) is 0.512. The van der Waals surface area contributed by atoms with Crippen molar-refractivity contribution in [3.63, 3.8) is 0 Å². The lowest BCUT2D eigenvalue weighted by Gasteiger charge is -2.08. The molecule has 0 aliphatic rings. The summed E-state index contributed by atoms with van der Waals surface area (Å²) in [6.45, 7) is 2.69. The van der Waals surface area contributed by atoms with Gasteiger partial charge in [-0.25, -0.2) is 9.97 Å². The third-order valence-corrected chi connectivity index (χ3v) is 3.57. The van der Waals surface area contributed by atoms with E-state index in [2.05, 4.69) is 70.7 Å². The van der Waals surface area contributed by atoms with E-state index in [1.54, 1.807) is 6.20 Å². The zero-order valence-corrected chi connectivity index (χ0v) is 12.8. The Kier molecular flexibility index (Phi) is 4.30. The average Bonchev–Trinajstić information content (AvgIpc) is 2.60. The van der Waals surface area contributed by atoms with Crippen molar-refractivity contribution >= 4 is 5.82 Å². The van der Waals surface area contributed by atoms with E-state index in [-0.39, 0.29) is 0 Å². The van der Waals surface area contributed by atoms with Crippen LogP contribution >= 0.6 is 0 Å². The summed E-state index contributed by atoms with van der Waals surface area (Å²) in [7, 11) is 0. The predicted molar refractivity (Wildman–Crippen MR) is 90.7 cm³/mol. The number of benzene rings is 2. The number of aromatic nitrogens is 2. The molecule has 0 bridgehead atoms. The molecule has 4 nitrogen and oxygen atoms in total. The summed E-state index contributed by atoms with van der Waals surface area (Å²) >= 11 is 0. The van der Waals surface area contributed by atoms with Crippen molar-refractivity contribution in [1.29, 1.82) is 5.26 Å². The van der Waals surface area contributed by atoms with Gasteiger partial charge in [-0.05, 0) is 23.6 Å². The standard InChI is InChI=1S/C19H16N4/c1-14-3-2-4-17(11-14)16-7-5-15(6-8-16)13-23-19-18(12-20)21-9-10-22-19/h2-11H,13H2,1H3,(H,22,23). The number of nitrogens with one attached hydrogen (secondary N) is 1. The Morgan fingerprint density at radius 2 is 1.78 bits per heavy atom. The molecule has 0 aliphatic carbocycles. The van der Waals surface area contributed by atoms with Crippen LogP contribution in [0.15, 0.2) is 60.9 Å². The molecule has 0 fully saturated rings. The van der Waals surface area contributed by atoms with Crippen LogP contribution in [0.4, 0.5) is 5.82 Å². The van der Waals surface area contributed by atoms with Gasteiger partial charge in [0.15, 0.2) is 11.5 Å². The van der Waals surface area contributed by atoms with Gasteiger partial charge >= 0.3 is 0 Å². The van der Waals surface area contributed by atoms with Crippen molar-refractivity contribution < 1.29 is 0 Å². The fraction of sp³-hybridized carbons (Fsp3) is 0.105. The van der Waals surface area contributed by atoms with Gasteiger partial charge in [-0.15, -0.1) is 0 Å². The molecule has 0 saturated heterocycles. The minimum absolute atomic E-state index is 0.309. The Balaban J connectivity index is 1.72. The van der Waals surface area contributed by atoms with Gasteiger partial charge in [0.1, 0.15) is 6.07 Å². The Morgan fingerprint density at radius 3 is 2.52 bits per heavy atom. The molecule has 0 saturated carbocycles. The molecule has 0 radical (unpaired) electrons. The van der Waals surface area contributed by atoms with Crippen LogP contribution in [-0.4, -0.2) is 9.97 Å². The second-order valence-electron chi connectivity index (χ2n) is 5.29. The second-order valence-corrected chi connectivity index (χ2v) is 5.29. The smallest absolute Gasteiger partial charge is 0.182 e. The molecule has 0 atom stereocenters. The number of nitrogens with zero attached hydrogens (tertiary/aromatic N) is 3. The number of anilines is 1. The van der Waals surface area contributed by atoms with Gasteiger partial charge in [-0.1, -0.05) is 54.1 Å². The summed E-state index contributed by atoms with van der Waals surface area (Å²) < 4.78 is 0. The van der Waals surface area contributed by atoms with E-state index in [4.69, 9.17) is 5.26 Å². The fourth-order valence-corrected chi connectivity index (χ4v) is 2.37. The molecule has 112 valence electrons. The number of rotatable bonds is 4. The number of hydrogen-bond acceptors (Lipinski definition) is 4. The van der Waals surface area contributed by atoms with Crippen molar-refractivity contribution in [3.8, 4) is 17.2 Å². The Morgan fingerprint density at radius 1 is 1.00 bits per heavy atom. The SMILES string of the molecule is Cc1cccc(-c2ccc(CNc3nccnc3C#N)cc2)c1. The first-order valence-corrected chi connectivity index (χ1v) is 7.37. The zero-order valence-electron chi connectivity index (χ0n) is 12.8. The van der Waals surface area contributed by atoms with Crippen molar-refractivity contribution in [2.45, 2.75) is 13.5 Å². The number of nitriles is 1. The van der Waals surface area contributed by atoms with Gasteiger partial charge < -0.3 is 5.32 Å². The molecule has 0 amide bonds. The highest BCUT2D eigenvalue weighted by atomic mass is 15.0. The van der Waals surface area contributed by atoms with Gasteiger partial charge in [0.25, 0.3) is 0 Å². The molecule has 23 heavy (non-hydrogen) atoms. The van der Waals surface area contributed by atoms with E-state index in [9.17, 15) is 0 Å². The minimum Gasteiger partial charge on any atom is -0.364 e. The van der Waals surface area contributed by atoms with Crippen LogP contribution in [0.2, 0.25) is 0 Å². The van der Waals surface area contributed by atoms with E-state index >= 15 is 0 Å². The topological polar surface area (TPSA) is 61.6 Å². The molecule has 1 heterocycles. The molecule has 3 aromatic rings. The molecule has 2 aromatic carbocycles. The monoisotopic (exact) mass is 300 g/mol. The van der Waals surface area contributed by atoms with Crippen LogP contribution in [0.1, 0.15) is 16.8 Å². The normalized spacial score (nSPS) is 10.1. The number of hydrogen-bond donors (Lipinski definition) is 1. The van der Waals surface area contributed by atoms with Crippen LogP contribution in [0, 0.1) is 18.3 Å². The van der Waals surface area contributed by atoms with Gasteiger partial charge in [0.2, 0.25) is 0 Å². The molecule has 0 aliphatic heterocycles. The highest BCUT2D eigenvalue weighted by molar-refractivity contribution is 5.64. The molecule has 0 unspecified atom stereocenters. The maximum atomic E-state index is 9.01. The van der Waals surface area contributed by atoms with E-state index in [1.807, 2.05) is 6.07 Å². The maximum Gasteiger partial charge on any atom is 0.182 e. The Bertz CT molecular complexity index is 848. The van der Waals surface area contributed by atoms with Gasteiger partial charge in [-0.2, -0.15) is 5.26 Å².